The standard InChI is InChI=1S/C16H22N2O3/c1-11(2)18(9-3-4-15(19)20)16(21)13-5-6-14-12(10-13)7-8-17-14/h5-6,10-11,17H,3-4,7-9H2,1-2H3,(H,19,20). The van der Waals surface area contributed by atoms with Gasteiger partial charge < -0.3 is 15.3 Å². The summed E-state index contributed by atoms with van der Waals surface area (Å²) in [6.45, 7) is 5.29. The molecule has 2 rings (SSSR count). The molecule has 2 N–H and O–H groups in total. The van der Waals surface area contributed by atoms with E-state index in [1.165, 1.54) is 5.56 Å². The van der Waals surface area contributed by atoms with Gasteiger partial charge in [-0.1, -0.05) is 0 Å². The molecule has 1 amide bonds. The number of carboxylic acids is 1. The van der Waals surface area contributed by atoms with E-state index < -0.39 is 5.97 Å². The SMILES string of the molecule is CC(C)N(CCCC(=O)O)C(=O)c1ccc2c(c1)CCN2. The van der Waals surface area contributed by atoms with Gasteiger partial charge in [0.2, 0.25) is 0 Å². The molecule has 1 aromatic rings. The fourth-order valence-corrected chi connectivity index (χ4v) is 2.60. The lowest BCUT2D eigenvalue weighted by molar-refractivity contribution is -0.137. The van der Waals surface area contributed by atoms with Crippen LogP contribution in [-0.4, -0.2) is 41.0 Å². The molecular weight excluding hydrogens is 268 g/mol. The number of amides is 1. The molecule has 5 nitrogen and oxygen atoms in total. The van der Waals surface area contributed by atoms with Crippen molar-refractivity contribution in [1.82, 2.24) is 4.90 Å². The first kappa shape index (κ1) is 15.4. The van der Waals surface area contributed by atoms with Crippen molar-refractivity contribution in [2.45, 2.75) is 39.2 Å². The van der Waals surface area contributed by atoms with Gasteiger partial charge in [-0.3, -0.25) is 9.59 Å². The summed E-state index contributed by atoms with van der Waals surface area (Å²) in [5.41, 5.74) is 2.96. The van der Waals surface area contributed by atoms with Crippen molar-refractivity contribution in [3.63, 3.8) is 0 Å². The van der Waals surface area contributed by atoms with Crippen molar-refractivity contribution in [2.24, 2.45) is 0 Å². The molecule has 1 heterocycles. The summed E-state index contributed by atoms with van der Waals surface area (Å²) in [5.74, 6) is -0.847. The zero-order chi connectivity index (χ0) is 15.4. The van der Waals surface area contributed by atoms with Gasteiger partial charge in [0.25, 0.3) is 5.91 Å². The fraction of sp³-hybridized carbons (Fsp3) is 0.500. The van der Waals surface area contributed by atoms with Crippen LogP contribution < -0.4 is 5.32 Å². The van der Waals surface area contributed by atoms with Gasteiger partial charge in [0.1, 0.15) is 0 Å². The van der Waals surface area contributed by atoms with Crippen molar-refractivity contribution < 1.29 is 14.7 Å². The van der Waals surface area contributed by atoms with Crippen LogP contribution >= 0.6 is 0 Å². The molecule has 21 heavy (non-hydrogen) atoms. The fourth-order valence-electron chi connectivity index (χ4n) is 2.60. The van der Waals surface area contributed by atoms with Crippen LogP contribution in [0.3, 0.4) is 0 Å². The van der Waals surface area contributed by atoms with Gasteiger partial charge in [-0.05, 0) is 50.5 Å². The maximum Gasteiger partial charge on any atom is 0.303 e. The summed E-state index contributed by atoms with van der Waals surface area (Å²) < 4.78 is 0. The van der Waals surface area contributed by atoms with Crippen molar-refractivity contribution in [3.05, 3.63) is 29.3 Å². The van der Waals surface area contributed by atoms with Crippen LogP contribution in [0.4, 0.5) is 5.69 Å². The smallest absolute Gasteiger partial charge is 0.303 e. The first-order chi connectivity index (χ1) is 9.99. The monoisotopic (exact) mass is 290 g/mol. The van der Waals surface area contributed by atoms with E-state index in [1.807, 2.05) is 32.0 Å². The van der Waals surface area contributed by atoms with Gasteiger partial charge in [-0.2, -0.15) is 0 Å². The van der Waals surface area contributed by atoms with Crippen LogP contribution in [0, 0.1) is 0 Å². The van der Waals surface area contributed by atoms with Crippen molar-refractivity contribution in [1.29, 1.82) is 0 Å². The Hall–Kier alpha value is -2.04. The predicted octanol–water partition coefficient (Wildman–Crippen LogP) is 2.37. The number of anilines is 1. The van der Waals surface area contributed by atoms with Gasteiger partial charge in [0.15, 0.2) is 0 Å². The molecule has 0 aliphatic carbocycles. The summed E-state index contributed by atoms with van der Waals surface area (Å²) in [6, 6.07) is 5.79. The molecule has 1 aliphatic heterocycles. The summed E-state index contributed by atoms with van der Waals surface area (Å²) in [6.07, 6.45) is 1.51. The quantitative estimate of drug-likeness (QED) is 0.844. The van der Waals surface area contributed by atoms with Crippen LogP contribution in [0.2, 0.25) is 0 Å². The lowest BCUT2D eigenvalue weighted by Crippen LogP contribution is -2.38. The molecule has 0 bridgehead atoms. The minimum absolute atomic E-state index is 0.0231. The molecule has 0 spiro atoms. The Kier molecular flexibility index (Phi) is 4.83. The summed E-state index contributed by atoms with van der Waals surface area (Å²) >= 11 is 0. The average Bonchev–Trinajstić information content (AvgIpc) is 2.89. The number of benzene rings is 1. The Morgan fingerprint density at radius 3 is 2.81 bits per heavy atom. The average molecular weight is 290 g/mol. The lowest BCUT2D eigenvalue weighted by atomic mass is 10.1. The maximum atomic E-state index is 12.6. The second-order valence-corrected chi connectivity index (χ2v) is 5.64. The zero-order valence-corrected chi connectivity index (χ0v) is 12.6. The molecule has 0 fully saturated rings. The predicted molar refractivity (Wildman–Crippen MR) is 81.7 cm³/mol. The molecule has 1 aliphatic rings. The largest absolute Gasteiger partial charge is 0.481 e. The Morgan fingerprint density at radius 1 is 1.38 bits per heavy atom. The molecular formula is C16H22N2O3. The van der Waals surface area contributed by atoms with E-state index >= 15 is 0 Å². The van der Waals surface area contributed by atoms with Gasteiger partial charge in [0.05, 0.1) is 0 Å². The van der Waals surface area contributed by atoms with Gasteiger partial charge in [0, 0.05) is 36.8 Å². The highest BCUT2D eigenvalue weighted by atomic mass is 16.4. The number of fused-ring (bicyclic) bond motifs is 1. The number of nitrogens with zero attached hydrogens (tertiary/aromatic N) is 1. The molecule has 0 radical (unpaired) electrons. The summed E-state index contributed by atoms with van der Waals surface area (Å²) in [5, 5.41) is 12.0. The number of hydrogen-bond donors (Lipinski definition) is 2. The van der Waals surface area contributed by atoms with Gasteiger partial charge >= 0.3 is 5.97 Å². The third kappa shape index (κ3) is 3.74. The van der Waals surface area contributed by atoms with E-state index in [1.54, 1.807) is 4.90 Å². The maximum absolute atomic E-state index is 12.6. The lowest BCUT2D eigenvalue weighted by Gasteiger charge is -2.27. The van der Waals surface area contributed by atoms with E-state index in [2.05, 4.69) is 5.32 Å². The van der Waals surface area contributed by atoms with Crippen molar-refractivity contribution >= 4 is 17.6 Å². The van der Waals surface area contributed by atoms with Gasteiger partial charge in [-0.15, -0.1) is 0 Å². The van der Waals surface area contributed by atoms with E-state index in [-0.39, 0.29) is 18.4 Å². The molecule has 0 saturated heterocycles. The first-order valence-electron chi connectivity index (χ1n) is 7.38. The molecule has 0 unspecified atom stereocenters. The molecule has 0 aromatic heterocycles. The van der Waals surface area contributed by atoms with Crippen LogP contribution in [0.25, 0.3) is 0 Å². The van der Waals surface area contributed by atoms with E-state index in [9.17, 15) is 9.59 Å². The Bertz CT molecular complexity index is 540. The highest BCUT2D eigenvalue weighted by Gasteiger charge is 2.20. The van der Waals surface area contributed by atoms with E-state index in [0.717, 1.165) is 18.7 Å². The Labute approximate surface area is 125 Å². The first-order valence-corrected chi connectivity index (χ1v) is 7.38. The third-order valence-electron chi connectivity index (χ3n) is 3.74. The number of carbonyl (C=O) groups excluding carboxylic acids is 1. The van der Waals surface area contributed by atoms with Crippen LogP contribution in [0.5, 0.6) is 0 Å². The summed E-state index contributed by atoms with van der Waals surface area (Å²) in [4.78, 5) is 25.0. The minimum Gasteiger partial charge on any atom is -0.481 e. The minimum atomic E-state index is -0.824. The van der Waals surface area contributed by atoms with Crippen LogP contribution in [-0.2, 0) is 11.2 Å². The topological polar surface area (TPSA) is 69.6 Å². The molecule has 0 saturated carbocycles. The second-order valence-electron chi connectivity index (χ2n) is 5.64. The molecule has 114 valence electrons. The van der Waals surface area contributed by atoms with Crippen LogP contribution in [0.1, 0.15) is 42.6 Å². The molecule has 0 atom stereocenters. The number of carboxylic acid groups (broad SMARTS) is 1. The third-order valence-corrected chi connectivity index (χ3v) is 3.74. The number of carbonyl (C=O) groups is 2. The Balaban J connectivity index is 2.09. The Morgan fingerprint density at radius 2 is 2.14 bits per heavy atom. The highest BCUT2D eigenvalue weighted by molar-refractivity contribution is 5.95. The number of aliphatic carboxylic acids is 1. The van der Waals surface area contributed by atoms with E-state index in [0.29, 0.717) is 18.5 Å². The normalized spacial score (nSPS) is 12.9. The molecule has 5 heteroatoms. The van der Waals surface area contributed by atoms with Crippen LogP contribution in [0.15, 0.2) is 18.2 Å². The van der Waals surface area contributed by atoms with Crippen molar-refractivity contribution in [3.8, 4) is 0 Å². The summed E-state index contributed by atoms with van der Waals surface area (Å²) in [7, 11) is 0. The number of hydrogen-bond acceptors (Lipinski definition) is 3. The van der Waals surface area contributed by atoms with Crippen molar-refractivity contribution in [2.75, 3.05) is 18.4 Å². The number of nitrogens with one attached hydrogen (secondary N) is 1. The highest BCUT2D eigenvalue weighted by Crippen LogP contribution is 2.24. The van der Waals surface area contributed by atoms with E-state index in [4.69, 9.17) is 5.11 Å². The second kappa shape index (κ2) is 6.61. The zero-order valence-electron chi connectivity index (χ0n) is 12.6. The number of rotatable bonds is 6. The van der Waals surface area contributed by atoms with Gasteiger partial charge in [-0.25, -0.2) is 0 Å². The molecule has 1 aromatic carbocycles.